The molecule has 6 unspecified atom stereocenters. The van der Waals surface area contributed by atoms with Crippen LogP contribution in [-0.2, 0) is 9.59 Å². The van der Waals surface area contributed by atoms with Gasteiger partial charge >= 0.3 is 0 Å². The number of hydrogen-bond donors (Lipinski definition) is 1. The predicted molar refractivity (Wildman–Crippen MR) is 92.8 cm³/mol. The summed E-state index contributed by atoms with van der Waals surface area (Å²) in [7, 11) is 0. The highest BCUT2D eigenvalue weighted by molar-refractivity contribution is 6.37. The molecule has 24 heavy (non-hydrogen) atoms. The molecule has 4 aliphatic rings. The van der Waals surface area contributed by atoms with Gasteiger partial charge < -0.3 is 5.11 Å². The Hall–Kier alpha value is -0.670. The molecule has 0 aromatic rings. The molecule has 0 aliphatic heterocycles. The van der Waals surface area contributed by atoms with Crippen LogP contribution in [0.15, 0.2) is 11.6 Å². The second kappa shape index (κ2) is 4.73. The standard InChI is InChI=1S/C20H27ClO3/c1-17-8-6-13(22)10-12(17)4-5-15-14-7-9-19(3,24)18(14,2)11-16(23)20(15,17)21/h10,14-15,24H,4-9,11H2,1-3H3. The third-order valence-electron chi connectivity index (χ3n) is 8.36. The van der Waals surface area contributed by atoms with Crippen molar-refractivity contribution in [3.05, 3.63) is 11.6 Å². The van der Waals surface area contributed by atoms with Crippen molar-refractivity contribution in [2.75, 3.05) is 0 Å². The Morgan fingerprint density at radius 2 is 1.79 bits per heavy atom. The smallest absolute Gasteiger partial charge is 0.155 e. The van der Waals surface area contributed by atoms with Gasteiger partial charge in [-0.3, -0.25) is 9.59 Å². The van der Waals surface area contributed by atoms with Crippen molar-refractivity contribution in [3.8, 4) is 0 Å². The number of halogens is 1. The maximum absolute atomic E-state index is 13.4. The first kappa shape index (κ1) is 16.8. The van der Waals surface area contributed by atoms with Crippen molar-refractivity contribution in [2.45, 2.75) is 76.2 Å². The fourth-order valence-corrected chi connectivity index (χ4v) is 7.05. The molecule has 0 amide bonds. The van der Waals surface area contributed by atoms with E-state index in [2.05, 4.69) is 13.8 Å². The van der Waals surface area contributed by atoms with E-state index in [-0.39, 0.29) is 28.8 Å². The van der Waals surface area contributed by atoms with Crippen molar-refractivity contribution < 1.29 is 14.7 Å². The van der Waals surface area contributed by atoms with E-state index in [1.54, 1.807) is 6.08 Å². The Labute approximate surface area is 148 Å². The fraction of sp³-hybridized carbons (Fsp3) is 0.800. The number of ketones is 2. The quantitative estimate of drug-likeness (QED) is 0.676. The highest BCUT2D eigenvalue weighted by Gasteiger charge is 2.71. The molecule has 0 radical (unpaired) electrons. The zero-order chi connectivity index (χ0) is 17.5. The molecule has 0 bridgehead atoms. The summed E-state index contributed by atoms with van der Waals surface area (Å²) in [6, 6.07) is 0. The molecule has 4 heteroatoms. The van der Waals surface area contributed by atoms with Gasteiger partial charge in [0.1, 0.15) is 4.87 Å². The van der Waals surface area contributed by atoms with Crippen molar-refractivity contribution in [2.24, 2.45) is 22.7 Å². The van der Waals surface area contributed by atoms with Crippen LogP contribution in [0.3, 0.4) is 0 Å². The molecular formula is C20H27ClO3. The van der Waals surface area contributed by atoms with Crippen LogP contribution in [-0.4, -0.2) is 27.1 Å². The van der Waals surface area contributed by atoms with Gasteiger partial charge in [-0.25, -0.2) is 0 Å². The van der Waals surface area contributed by atoms with Crippen molar-refractivity contribution in [1.29, 1.82) is 0 Å². The minimum Gasteiger partial charge on any atom is -0.390 e. The number of carbonyl (C=O) groups excluding carboxylic acids is 2. The van der Waals surface area contributed by atoms with E-state index in [1.165, 1.54) is 0 Å². The summed E-state index contributed by atoms with van der Waals surface area (Å²) < 4.78 is 0. The lowest BCUT2D eigenvalue weighted by Crippen LogP contribution is -2.66. The third-order valence-corrected chi connectivity index (χ3v) is 9.27. The van der Waals surface area contributed by atoms with Crippen LogP contribution < -0.4 is 0 Å². The van der Waals surface area contributed by atoms with E-state index in [9.17, 15) is 14.7 Å². The number of alkyl halides is 1. The number of allylic oxidation sites excluding steroid dienone is 1. The first-order valence-electron chi connectivity index (χ1n) is 9.25. The van der Waals surface area contributed by atoms with Gasteiger partial charge in [0.25, 0.3) is 0 Å². The SMILES string of the molecule is CC1(O)CCC2C3CCC4=CC(=O)CCC4(C)C3(Cl)C(=O)CC21C. The van der Waals surface area contributed by atoms with Crippen molar-refractivity contribution in [3.63, 3.8) is 0 Å². The summed E-state index contributed by atoms with van der Waals surface area (Å²) in [6.45, 7) is 6.06. The molecule has 6 atom stereocenters. The Kier molecular flexibility index (Phi) is 3.31. The van der Waals surface area contributed by atoms with E-state index in [4.69, 9.17) is 11.6 Å². The van der Waals surface area contributed by atoms with Crippen LogP contribution in [0, 0.1) is 22.7 Å². The predicted octanol–water partition coefficient (Wildman–Crippen LogP) is 3.81. The Morgan fingerprint density at radius 1 is 1.08 bits per heavy atom. The lowest BCUT2D eigenvalue weighted by molar-refractivity contribution is -0.153. The summed E-state index contributed by atoms with van der Waals surface area (Å²) in [5, 5.41) is 10.9. The topological polar surface area (TPSA) is 54.4 Å². The average molecular weight is 351 g/mol. The summed E-state index contributed by atoms with van der Waals surface area (Å²) >= 11 is 7.23. The van der Waals surface area contributed by atoms with Gasteiger partial charge in [0.2, 0.25) is 0 Å². The number of carbonyl (C=O) groups is 2. The largest absolute Gasteiger partial charge is 0.390 e. The Morgan fingerprint density at radius 3 is 2.50 bits per heavy atom. The molecule has 3 nitrogen and oxygen atoms in total. The molecule has 3 fully saturated rings. The van der Waals surface area contributed by atoms with E-state index >= 15 is 0 Å². The minimum atomic E-state index is -0.914. The summed E-state index contributed by atoms with van der Waals surface area (Å²) in [6.07, 6.45) is 6.63. The number of hydrogen-bond acceptors (Lipinski definition) is 3. The molecule has 4 rings (SSSR count). The first-order valence-corrected chi connectivity index (χ1v) is 9.62. The number of rotatable bonds is 0. The first-order chi connectivity index (χ1) is 11.1. The fourth-order valence-electron chi connectivity index (χ4n) is 6.50. The van der Waals surface area contributed by atoms with Gasteiger partial charge in [-0.05, 0) is 56.9 Å². The molecule has 0 aromatic heterocycles. The van der Waals surface area contributed by atoms with E-state index in [0.717, 1.165) is 31.3 Å². The molecule has 0 spiro atoms. The molecule has 0 heterocycles. The van der Waals surface area contributed by atoms with Crippen LogP contribution in [0.25, 0.3) is 0 Å². The minimum absolute atomic E-state index is 0.0811. The van der Waals surface area contributed by atoms with Gasteiger partial charge in [0.05, 0.1) is 5.60 Å². The third kappa shape index (κ3) is 1.73. The highest BCUT2D eigenvalue weighted by Crippen LogP contribution is 2.69. The molecule has 0 aromatic carbocycles. The van der Waals surface area contributed by atoms with Crippen LogP contribution in [0.4, 0.5) is 0 Å². The molecular weight excluding hydrogens is 324 g/mol. The van der Waals surface area contributed by atoms with Crippen LogP contribution in [0.2, 0.25) is 0 Å². The molecule has 4 aliphatic carbocycles. The molecule has 0 saturated heterocycles. The monoisotopic (exact) mass is 350 g/mol. The molecule has 132 valence electrons. The zero-order valence-electron chi connectivity index (χ0n) is 14.8. The average Bonchev–Trinajstić information content (AvgIpc) is 2.72. The van der Waals surface area contributed by atoms with E-state index in [1.807, 2.05) is 6.92 Å². The summed E-state index contributed by atoms with van der Waals surface area (Å²) in [5.74, 6) is 0.615. The molecule has 3 saturated carbocycles. The number of Topliss-reactive ketones (excluding diaryl/α,β-unsaturated/α-hetero) is 1. The van der Waals surface area contributed by atoms with E-state index in [0.29, 0.717) is 19.3 Å². The van der Waals surface area contributed by atoms with Crippen LogP contribution >= 0.6 is 11.6 Å². The summed E-state index contributed by atoms with van der Waals surface area (Å²) in [5.41, 5.74) is -0.523. The Balaban J connectivity index is 1.84. The second-order valence-corrected chi connectivity index (χ2v) is 9.86. The lowest BCUT2D eigenvalue weighted by atomic mass is 9.45. The van der Waals surface area contributed by atoms with Gasteiger partial charge in [-0.1, -0.05) is 19.4 Å². The lowest BCUT2D eigenvalue weighted by Gasteiger charge is -2.61. The van der Waals surface area contributed by atoms with Gasteiger partial charge in [-0.15, -0.1) is 11.6 Å². The van der Waals surface area contributed by atoms with Crippen molar-refractivity contribution in [1.82, 2.24) is 0 Å². The highest BCUT2D eigenvalue weighted by atomic mass is 35.5. The maximum atomic E-state index is 13.4. The van der Waals surface area contributed by atoms with Gasteiger partial charge in [0.15, 0.2) is 11.6 Å². The van der Waals surface area contributed by atoms with Crippen LogP contribution in [0.1, 0.15) is 65.7 Å². The number of aliphatic hydroxyl groups is 1. The zero-order valence-corrected chi connectivity index (χ0v) is 15.6. The van der Waals surface area contributed by atoms with Gasteiger partial charge in [-0.2, -0.15) is 0 Å². The van der Waals surface area contributed by atoms with E-state index < -0.39 is 15.9 Å². The summed E-state index contributed by atoms with van der Waals surface area (Å²) in [4.78, 5) is 24.3. The second-order valence-electron chi connectivity index (χ2n) is 9.26. The maximum Gasteiger partial charge on any atom is 0.155 e. The van der Waals surface area contributed by atoms with Crippen LogP contribution in [0.5, 0.6) is 0 Å². The Bertz CT molecular complexity index is 666. The van der Waals surface area contributed by atoms with Crippen molar-refractivity contribution >= 4 is 23.2 Å². The molecule has 1 N–H and O–H groups in total. The normalized spacial score (nSPS) is 54.0. The number of fused-ring (bicyclic) bond motifs is 5. The van der Waals surface area contributed by atoms with Gasteiger partial charge in [0, 0.05) is 23.7 Å².